The number of hydrogen-bond acceptors (Lipinski definition) is 5. The Morgan fingerprint density at radius 1 is 1.37 bits per heavy atom. The van der Waals surface area contributed by atoms with Crippen molar-refractivity contribution in [3.05, 3.63) is 23.9 Å². The smallest absolute Gasteiger partial charge is 0.213 e. The molecule has 1 atom stereocenters. The van der Waals surface area contributed by atoms with Gasteiger partial charge in [0.05, 0.1) is 12.8 Å². The number of aromatic nitrogens is 1. The second-order valence-electron chi connectivity index (χ2n) is 5.20. The number of ether oxygens (including phenoxy) is 1. The first-order valence-electron chi connectivity index (χ1n) is 6.78. The Bertz CT molecular complexity index is 399. The van der Waals surface area contributed by atoms with Crippen molar-refractivity contribution in [1.82, 2.24) is 20.1 Å². The van der Waals surface area contributed by atoms with E-state index in [1.54, 1.807) is 7.11 Å². The summed E-state index contributed by atoms with van der Waals surface area (Å²) in [6, 6.07) is 6.44. The lowest BCUT2D eigenvalue weighted by molar-refractivity contribution is 0.113. The quantitative estimate of drug-likeness (QED) is 0.835. The van der Waals surface area contributed by atoms with E-state index in [1.807, 2.05) is 18.2 Å². The van der Waals surface area contributed by atoms with Gasteiger partial charge in [-0.1, -0.05) is 6.07 Å². The van der Waals surface area contributed by atoms with Gasteiger partial charge in [-0.3, -0.25) is 4.90 Å². The zero-order valence-electron chi connectivity index (χ0n) is 12.1. The summed E-state index contributed by atoms with van der Waals surface area (Å²) >= 11 is 0. The van der Waals surface area contributed by atoms with E-state index in [0.717, 1.165) is 38.4 Å². The first kappa shape index (κ1) is 14.2. The minimum atomic E-state index is 0.573. The van der Waals surface area contributed by atoms with Crippen molar-refractivity contribution in [3.63, 3.8) is 0 Å². The number of rotatable bonds is 5. The number of hydrogen-bond donors (Lipinski definition) is 1. The Balaban J connectivity index is 1.79. The SMILES string of the molecule is COc1cccc(CNCC2CN(C)CCN2C)n1. The summed E-state index contributed by atoms with van der Waals surface area (Å²) in [6.45, 7) is 5.19. The maximum Gasteiger partial charge on any atom is 0.213 e. The van der Waals surface area contributed by atoms with Gasteiger partial charge in [-0.15, -0.1) is 0 Å². The third kappa shape index (κ3) is 4.16. The highest BCUT2D eigenvalue weighted by Crippen LogP contribution is 2.07. The van der Waals surface area contributed by atoms with Crippen molar-refractivity contribution in [3.8, 4) is 5.88 Å². The van der Waals surface area contributed by atoms with Crippen molar-refractivity contribution in [1.29, 1.82) is 0 Å². The summed E-state index contributed by atoms with van der Waals surface area (Å²) in [5.74, 6) is 0.675. The number of pyridine rings is 1. The van der Waals surface area contributed by atoms with Crippen LogP contribution in [0.2, 0.25) is 0 Å². The molecule has 1 fully saturated rings. The van der Waals surface area contributed by atoms with Gasteiger partial charge in [0.1, 0.15) is 0 Å². The third-order valence-corrected chi connectivity index (χ3v) is 3.66. The highest BCUT2D eigenvalue weighted by Gasteiger charge is 2.21. The molecule has 0 saturated carbocycles. The molecule has 1 saturated heterocycles. The van der Waals surface area contributed by atoms with Crippen LogP contribution in [0.5, 0.6) is 5.88 Å². The van der Waals surface area contributed by atoms with Crippen LogP contribution in [0.3, 0.4) is 0 Å². The third-order valence-electron chi connectivity index (χ3n) is 3.66. The summed E-state index contributed by atoms with van der Waals surface area (Å²) in [6.07, 6.45) is 0. The standard InChI is InChI=1S/C14H24N4O/c1-17-7-8-18(2)13(11-17)10-15-9-12-5-4-6-14(16-12)19-3/h4-6,13,15H,7-11H2,1-3H3. The van der Waals surface area contributed by atoms with Gasteiger partial charge in [0.2, 0.25) is 5.88 Å². The number of nitrogens with one attached hydrogen (secondary N) is 1. The first-order valence-corrected chi connectivity index (χ1v) is 6.78. The molecular weight excluding hydrogens is 240 g/mol. The van der Waals surface area contributed by atoms with Crippen LogP contribution < -0.4 is 10.1 Å². The zero-order chi connectivity index (χ0) is 13.7. The molecule has 1 aliphatic heterocycles. The van der Waals surface area contributed by atoms with Crippen LogP contribution >= 0.6 is 0 Å². The Kier molecular flexibility index (Phi) is 5.13. The van der Waals surface area contributed by atoms with E-state index in [4.69, 9.17) is 4.74 Å². The molecule has 0 aromatic carbocycles. The van der Waals surface area contributed by atoms with E-state index in [2.05, 4.69) is 34.2 Å². The number of nitrogens with zero attached hydrogens (tertiary/aromatic N) is 3. The van der Waals surface area contributed by atoms with Gasteiger partial charge >= 0.3 is 0 Å². The predicted molar refractivity (Wildman–Crippen MR) is 76.4 cm³/mol. The molecule has 2 heterocycles. The number of methoxy groups -OCH3 is 1. The Morgan fingerprint density at radius 3 is 3.00 bits per heavy atom. The Hall–Kier alpha value is -1.17. The fraction of sp³-hybridized carbons (Fsp3) is 0.643. The van der Waals surface area contributed by atoms with Crippen LogP contribution in [-0.2, 0) is 6.54 Å². The van der Waals surface area contributed by atoms with Gasteiger partial charge in [-0.25, -0.2) is 4.98 Å². The molecule has 0 bridgehead atoms. The van der Waals surface area contributed by atoms with Crippen molar-refractivity contribution >= 4 is 0 Å². The van der Waals surface area contributed by atoms with Crippen LogP contribution in [0.1, 0.15) is 5.69 Å². The van der Waals surface area contributed by atoms with Gasteiger partial charge in [0, 0.05) is 44.8 Å². The highest BCUT2D eigenvalue weighted by molar-refractivity contribution is 5.15. The molecule has 5 nitrogen and oxygen atoms in total. The summed E-state index contributed by atoms with van der Waals surface area (Å²) < 4.78 is 5.13. The van der Waals surface area contributed by atoms with E-state index in [1.165, 1.54) is 0 Å². The Morgan fingerprint density at radius 2 is 2.21 bits per heavy atom. The van der Waals surface area contributed by atoms with Crippen LogP contribution in [0, 0.1) is 0 Å². The fourth-order valence-corrected chi connectivity index (χ4v) is 2.36. The van der Waals surface area contributed by atoms with Crippen LogP contribution in [-0.4, -0.2) is 68.2 Å². The highest BCUT2D eigenvalue weighted by atomic mass is 16.5. The largest absolute Gasteiger partial charge is 0.481 e. The summed E-state index contributed by atoms with van der Waals surface area (Å²) in [5, 5.41) is 3.49. The van der Waals surface area contributed by atoms with Gasteiger partial charge in [0.25, 0.3) is 0 Å². The molecule has 1 aromatic heterocycles. The second-order valence-corrected chi connectivity index (χ2v) is 5.20. The van der Waals surface area contributed by atoms with Crippen molar-refractivity contribution < 1.29 is 4.74 Å². The lowest BCUT2D eigenvalue weighted by Gasteiger charge is -2.37. The molecule has 2 rings (SSSR count). The monoisotopic (exact) mass is 264 g/mol. The van der Waals surface area contributed by atoms with Crippen molar-refractivity contribution in [2.24, 2.45) is 0 Å². The molecule has 19 heavy (non-hydrogen) atoms. The van der Waals surface area contributed by atoms with E-state index in [-0.39, 0.29) is 0 Å². The molecule has 0 radical (unpaired) electrons. The van der Waals surface area contributed by atoms with Gasteiger partial charge in [-0.2, -0.15) is 0 Å². The van der Waals surface area contributed by atoms with Crippen LogP contribution in [0.4, 0.5) is 0 Å². The molecule has 0 aliphatic carbocycles. The first-order chi connectivity index (χ1) is 9.19. The maximum atomic E-state index is 5.13. The number of piperazine rings is 1. The summed E-state index contributed by atoms with van der Waals surface area (Å²) in [7, 11) is 6.03. The van der Waals surface area contributed by atoms with Gasteiger partial charge in [0.15, 0.2) is 0 Å². The Labute approximate surface area is 115 Å². The average Bonchev–Trinajstić information content (AvgIpc) is 2.43. The van der Waals surface area contributed by atoms with Crippen LogP contribution in [0.25, 0.3) is 0 Å². The summed E-state index contributed by atoms with van der Waals surface area (Å²) in [4.78, 5) is 9.21. The van der Waals surface area contributed by atoms with Crippen molar-refractivity contribution in [2.75, 3.05) is 47.4 Å². The van der Waals surface area contributed by atoms with E-state index < -0.39 is 0 Å². The average molecular weight is 264 g/mol. The molecule has 1 unspecified atom stereocenters. The minimum absolute atomic E-state index is 0.573. The molecule has 1 N–H and O–H groups in total. The maximum absolute atomic E-state index is 5.13. The van der Waals surface area contributed by atoms with Gasteiger partial charge < -0.3 is 15.0 Å². The predicted octanol–water partition coefficient (Wildman–Crippen LogP) is 0.426. The zero-order valence-corrected chi connectivity index (χ0v) is 12.1. The molecule has 5 heteroatoms. The summed E-state index contributed by atoms with van der Waals surface area (Å²) in [5.41, 5.74) is 1.02. The van der Waals surface area contributed by atoms with Crippen molar-refractivity contribution in [2.45, 2.75) is 12.6 Å². The normalized spacial score (nSPS) is 21.5. The fourth-order valence-electron chi connectivity index (χ4n) is 2.36. The minimum Gasteiger partial charge on any atom is -0.481 e. The lowest BCUT2D eigenvalue weighted by Crippen LogP contribution is -2.53. The van der Waals surface area contributed by atoms with Crippen LogP contribution in [0.15, 0.2) is 18.2 Å². The topological polar surface area (TPSA) is 40.6 Å². The molecule has 1 aromatic rings. The molecule has 0 spiro atoms. The van der Waals surface area contributed by atoms with E-state index in [9.17, 15) is 0 Å². The lowest BCUT2D eigenvalue weighted by atomic mass is 10.2. The van der Waals surface area contributed by atoms with Gasteiger partial charge in [-0.05, 0) is 20.2 Å². The molecule has 0 amide bonds. The molecule has 106 valence electrons. The number of likely N-dealkylation sites (N-methyl/N-ethyl adjacent to an activating group) is 2. The second kappa shape index (κ2) is 6.84. The van der Waals surface area contributed by atoms with E-state index >= 15 is 0 Å². The molecular formula is C14H24N4O. The van der Waals surface area contributed by atoms with E-state index in [0.29, 0.717) is 11.9 Å². The molecule has 1 aliphatic rings.